The first-order valence-electron chi connectivity index (χ1n) is 9.06. The zero-order valence-corrected chi connectivity index (χ0v) is 17.0. The molecule has 0 amide bonds. The van der Waals surface area contributed by atoms with E-state index in [4.69, 9.17) is 0 Å². The highest BCUT2D eigenvalue weighted by atomic mass is 32.1. The number of halogens is 2. The second-order valence-corrected chi connectivity index (χ2v) is 9.54. The van der Waals surface area contributed by atoms with E-state index in [1.807, 2.05) is 0 Å². The quantitative estimate of drug-likeness (QED) is 0.444. The van der Waals surface area contributed by atoms with Gasteiger partial charge in [-0.05, 0) is 45.0 Å². The minimum Gasteiger partial charge on any atom is -0.350 e. The van der Waals surface area contributed by atoms with Crippen LogP contribution in [0.15, 0.2) is 29.9 Å². The number of fused-ring (bicyclic) bond motifs is 2. The number of nitrogens with one attached hydrogen (secondary N) is 2. The predicted molar refractivity (Wildman–Crippen MR) is 112 cm³/mol. The maximum Gasteiger partial charge on any atom is 0.176 e. The molecule has 1 atom stereocenters. The van der Waals surface area contributed by atoms with Crippen molar-refractivity contribution in [2.45, 2.75) is 31.7 Å². The molecule has 4 aromatic rings. The van der Waals surface area contributed by atoms with Crippen molar-refractivity contribution in [3.63, 3.8) is 0 Å². The van der Waals surface area contributed by atoms with Crippen LogP contribution in [0.4, 0.5) is 20.2 Å². The number of rotatable bonds is 3. The Labute approximate surface area is 168 Å². The van der Waals surface area contributed by atoms with Gasteiger partial charge in [0.15, 0.2) is 11.6 Å². The maximum absolute atomic E-state index is 14.8. The van der Waals surface area contributed by atoms with Gasteiger partial charge >= 0.3 is 0 Å². The van der Waals surface area contributed by atoms with Gasteiger partial charge in [-0.25, -0.2) is 18.7 Å². The summed E-state index contributed by atoms with van der Waals surface area (Å²) in [4.78, 5) is 10.6. The number of hydrogen-bond acceptors (Lipinski definition) is 6. The van der Waals surface area contributed by atoms with E-state index in [1.54, 1.807) is 23.6 Å². The number of thiazole rings is 1. The molecule has 1 aliphatic heterocycles. The summed E-state index contributed by atoms with van der Waals surface area (Å²) in [5.74, 6) is -0.909. The third-order valence-electron chi connectivity index (χ3n) is 5.46. The summed E-state index contributed by atoms with van der Waals surface area (Å²) in [7, 11) is 0. The van der Waals surface area contributed by atoms with E-state index in [0.29, 0.717) is 16.3 Å². The fourth-order valence-electron chi connectivity index (χ4n) is 3.94. The Morgan fingerprint density at radius 2 is 2.11 bits per heavy atom. The molecule has 5 rings (SSSR count). The molecule has 3 aromatic heterocycles. The van der Waals surface area contributed by atoms with Crippen LogP contribution in [-0.2, 0) is 0 Å². The number of aromatic nitrogens is 2. The fraction of sp³-hybridized carbons (Fsp3) is 0.300. The summed E-state index contributed by atoms with van der Waals surface area (Å²) in [6, 6.07) is 5.18. The molecule has 1 unspecified atom stereocenters. The Kier molecular flexibility index (Phi) is 4.12. The van der Waals surface area contributed by atoms with Crippen molar-refractivity contribution < 1.29 is 8.78 Å². The van der Waals surface area contributed by atoms with Crippen LogP contribution in [0.3, 0.4) is 0 Å². The number of benzene rings is 1. The molecule has 28 heavy (non-hydrogen) atoms. The van der Waals surface area contributed by atoms with E-state index in [0.717, 1.165) is 23.2 Å². The molecule has 0 bridgehead atoms. The Morgan fingerprint density at radius 3 is 2.89 bits per heavy atom. The first kappa shape index (κ1) is 17.9. The molecule has 1 saturated heterocycles. The summed E-state index contributed by atoms with van der Waals surface area (Å²) in [5.41, 5.74) is 2.18. The van der Waals surface area contributed by atoms with E-state index < -0.39 is 11.6 Å². The summed E-state index contributed by atoms with van der Waals surface area (Å²) in [6.45, 7) is 5.39. The Hall–Kier alpha value is -2.16. The predicted octanol–water partition coefficient (Wildman–Crippen LogP) is 5.78. The fourth-order valence-corrected chi connectivity index (χ4v) is 5.99. The monoisotopic (exact) mass is 416 g/mol. The highest BCUT2D eigenvalue weighted by Crippen LogP contribution is 2.42. The number of thiophene rings is 1. The van der Waals surface area contributed by atoms with Crippen LogP contribution in [0.5, 0.6) is 0 Å². The second kappa shape index (κ2) is 6.43. The molecule has 4 nitrogen and oxygen atoms in total. The van der Waals surface area contributed by atoms with Gasteiger partial charge in [0.25, 0.3) is 0 Å². The average molecular weight is 417 g/mol. The van der Waals surface area contributed by atoms with Gasteiger partial charge < -0.3 is 10.6 Å². The minimum atomic E-state index is -0.669. The molecule has 1 aromatic carbocycles. The minimum absolute atomic E-state index is 0.0162. The van der Waals surface area contributed by atoms with Crippen molar-refractivity contribution in [1.29, 1.82) is 0 Å². The lowest BCUT2D eigenvalue weighted by Gasteiger charge is -2.26. The van der Waals surface area contributed by atoms with Crippen molar-refractivity contribution in [3.8, 4) is 0 Å². The van der Waals surface area contributed by atoms with Crippen LogP contribution in [0.2, 0.25) is 0 Å². The van der Waals surface area contributed by atoms with Crippen molar-refractivity contribution in [2.75, 3.05) is 11.9 Å². The first-order chi connectivity index (χ1) is 13.4. The van der Waals surface area contributed by atoms with Gasteiger partial charge in [0.2, 0.25) is 0 Å². The molecule has 4 heterocycles. The van der Waals surface area contributed by atoms with Crippen molar-refractivity contribution in [2.24, 2.45) is 0 Å². The molecular weight excluding hydrogens is 398 g/mol. The number of nitrogens with zero attached hydrogens (tertiary/aromatic N) is 2. The lowest BCUT2D eigenvalue weighted by Crippen LogP contribution is -2.36. The number of anilines is 2. The Bertz CT molecular complexity index is 1200. The zero-order chi connectivity index (χ0) is 19.5. The highest BCUT2D eigenvalue weighted by molar-refractivity contribution is 7.18. The smallest absolute Gasteiger partial charge is 0.176 e. The van der Waals surface area contributed by atoms with Gasteiger partial charge in [-0.3, -0.25) is 0 Å². The summed E-state index contributed by atoms with van der Waals surface area (Å²) in [5, 5.41) is 7.37. The van der Waals surface area contributed by atoms with Crippen molar-refractivity contribution in [3.05, 3.63) is 46.4 Å². The third-order valence-corrected chi connectivity index (χ3v) is 7.39. The molecule has 0 radical (unpaired) electrons. The topological polar surface area (TPSA) is 49.8 Å². The summed E-state index contributed by atoms with van der Waals surface area (Å²) < 4.78 is 29.9. The summed E-state index contributed by atoms with van der Waals surface area (Å²) in [6.07, 6.45) is 2.73. The molecule has 1 fully saturated rings. The molecule has 8 heteroatoms. The van der Waals surface area contributed by atoms with Gasteiger partial charge in [0, 0.05) is 27.9 Å². The molecule has 2 N–H and O–H groups in total. The Morgan fingerprint density at radius 1 is 1.25 bits per heavy atom. The average Bonchev–Trinajstić information content (AvgIpc) is 3.35. The maximum atomic E-state index is 14.8. The van der Waals surface area contributed by atoms with Gasteiger partial charge in [-0.2, -0.15) is 0 Å². The lowest BCUT2D eigenvalue weighted by molar-refractivity contribution is 0.415. The zero-order valence-electron chi connectivity index (χ0n) is 15.3. The van der Waals surface area contributed by atoms with E-state index >= 15 is 0 Å². The molecule has 0 aliphatic carbocycles. The molecule has 144 valence electrons. The first-order valence-corrected chi connectivity index (χ1v) is 10.8. The number of pyridine rings is 1. The molecule has 0 saturated carbocycles. The Balaban J connectivity index is 1.59. The van der Waals surface area contributed by atoms with Crippen LogP contribution >= 0.6 is 22.7 Å². The van der Waals surface area contributed by atoms with Gasteiger partial charge in [0.1, 0.15) is 16.0 Å². The van der Waals surface area contributed by atoms with Gasteiger partial charge in [-0.15, -0.1) is 22.7 Å². The van der Waals surface area contributed by atoms with E-state index in [2.05, 4.69) is 40.5 Å². The third kappa shape index (κ3) is 2.78. The van der Waals surface area contributed by atoms with Crippen LogP contribution in [0.1, 0.15) is 31.1 Å². The molecule has 0 spiro atoms. The molecule has 1 aliphatic rings. The van der Waals surface area contributed by atoms with Crippen molar-refractivity contribution >= 4 is 54.5 Å². The summed E-state index contributed by atoms with van der Waals surface area (Å²) >= 11 is 2.86. The second-order valence-electron chi connectivity index (χ2n) is 7.59. The van der Waals surface area contributed by atoms with Gasteiger partial charge in [0.05, 0.1) is 15.9 Å². The largest absolute Gasteiger partial charge is 0.350 e. The van der Waals surface area contributed by atoms with Crippen LogP contribution < -0.4 is 10.6 Å². The van der Waals surface area contributed by atoms with Crippen LogP contribution in [0.25, 0.3) is 20.4 Å². The van der Waals surface area contributed by atoms with E-state index in [9.17, 15) is 8.78 Å². The van der Waals surface area contributed by atoms with Gasteiger partial charge in [-0.1, -0.05) is 0 Å². The van der Waals surface area contributed by atoms with Crippen LogP contribution in [-0.4, -0.2) is 22.1 Å². The lowest BCUT2D eigenvalue weighted by atomic mass is 9.88. The highest BCUT2D eigenvalue weighted by Gasteiger charge is 2.36. The van der Waals surface area contributed by atoms with E-state index in [-0.39, 0.29) is 16.7 Å². The van der Waals surface area contributed by atoms with E-state index in [1.165, 1.54) is 27.8 Å². The SMILES string of the molecule is CC1(C)NCCC1c1cc2c(Nc3c(F)cc4scnc4c3F)ccnc2s1. The number of hydrogen-bond donors (Lipinski definition) is 2. The van der Waals surface area contributed by atoms with Crippen LogP contribution in [0, 0.1) is 11.6 Å². The normalized spacial score (nSPS) is 18.9. The standard InChI is InChI=1S/C20H18F2N4S2/c1-20(2)11(3-6-25-20)14-7-10-13(4-5-23-19(10)28-14)26-17-12(21)8-15-18(16(17)22)24-9-27-15/h4-5,7-9,11,25H,3,6H2,1-2H3,(H,23,26). The molecular formula is C20H18F2N4S2. The van der Waals surface area contributed by atoms with Crippen molar-refractivity contribution in [1.82, 2.24) is 15.3 Å².